The zero-order chi connectivity index (χ0) is 20.9. The van der Waals surface area contributed by atoms with Crippen molar-refractivity contribution in [3.63, 3.8) is 0 Å². The van der Waals surface area contributed by atoms with Crippen molar-refractivity contribution < 1.29 is 22.7 Å². The molecule has 0 unspecified atom stereocenters. The van der Waals surface area contributed by atoms with E-state index in [1.807, 2.05) is 6.07 Å². The van der Waals surface area contributed by atoms with Gasteiger partial charge < -0.3 is 10.1 Å². The van der Waals surface area contributed by atoms with Gasteiger partial charge in [-0.1, -0.05) is 42.5 Å². The fourth-order valence-corrected chi connectivity index (χ4v) is 3.53. The van der Waals surface area contributed by atoms with Gasteiger partial charge in [-0.3, -0.25) is 9.59 Å². The van der Waals surface area contributed by atoms with Crippen molar-refractivity contribution in [3.8, 4) is 5.75 Å². The fraction of sp³-hybridized carbons (Fsp3) is 0.0909. The molecule has 0 spiro atoms. The van der Waals surface area contributed by atoms with E-state index < -0.39 is 15.7 Å². The van der Waals surface area contributed by atoms with E-state index in [4.69, 9.17) is 4.74 Å². The highest BCUT2D eigenvalue weighted by Crippen LogP contribution is 2.21. The highest BCUT2D eigenvalue weighted by Gasteiger charge is 2.15. The van der Waals surface area contributed by atoms with Crippen LogP contribution in [0.5, 0.6) is 5.75 Å². The van der Waals surface area contributed by atoms with Crippen molar-refractivity contribution in [1.82, 2.24) is 0 Å². The molecule has 0 heterocycles. The van der Waals surface area contributed by atoms with Crippen LogP contribution in [0.15, 0.2) is 83.8 Å². The molecule has 1 N–H and O–H groups in total. The first-order chi connectivity index (χ1) is 13.8. The number of rotatable bonds is 7. The lowest BCUT2D eigenvalue weighted by Gasteiger charge is -2.11. The maximum atomic E-state index is 12.4. The Balaban J connectivity index is 1.61. The zero-order valence-electron chi connectivity index (χ0n) is 15.7. The predicted octanol–water partition coefficient (Wildman–Crippen LogP) is 3.34. The molecule has 7 heteroatoms. The molecule has 3 rings (SSSR count). The number of anilines is 1. The first-order valence-electron chi connectivity index (χ1n) is 8.76. The molecule has 0 radical (unpaired) electrons. The molecule has 0 saturated heterocycles. The van der Waals surface area contributed by atoms with Gasteiger partial charge in [0.05, 0.1) is 10.6 Å². The third-order valence-electron chi connectivity index (χ3n) is 4.08. The Hall–Kier alpha value is -3.45. The van der Waals surface area contributed by atoms with E-state index in [-0.39, 0.29) is 23.0 Å². The van der Waals surface area contributed by atoms with Gasteiger partial charge in [-0.25, -0.2) is 8.42 Å². The Morgan fingerprint density at radius 3 is 2.07 bits per heavy atom. The second kappa shape index (κ2) is 8.70. The number of ether oxygens (including phenoxy) is 1. The van der Waals surface area contributed by atoms with Gasteiger partial charge in [0.1, 0.15) is 5.75 Å². The molecule has 0 saturated carbocycles. The van der Waals surface area contributed by atoms with E-state index in [1.54, 1.807) is 60.7 Å². The topological polar surface area (TPSA) is 89.5 Å². The largest absolute Gasteiger partial charge is 0.484 e. The van der Waals surface area contributed by atoms with Crippen molar-refractivity contribution in [1.29, 1.82) is 0 Å². The lowest BCUT2D eigenvalue weighted by molar-refractivity contribution is -0.118. The van der Waals surface area contributed by atoms with Gasteiger partial charge in [0.25, 0.3) is 5.91 Å². The van der Waals surface area contributed by atoms with Crippen LogP contribution in [-0.2, 0) is 14.6 Å². The summed E-state index contributed by atoms with van der Waals surface area (Å²) in [7, 11) is -3.47. The summed E-state index contributed by atoms with van der Waals surface area (Å²) in [5.74, 6) is -0.182. The summed E-state index contributed by atoms with van der Waals surface area (Å²) in [6.45, 7) is -0.302. The minimum absolute atomic E-state index is 0.0390. The van der Waals surface area contributed by atoms with Crippen LogP contribution in [0.4, 0.5) is 5.69 Å². The van der Waals surface area contributed by atoms with Gasteiger partial charge in [-0.05, 0) is 36.4 Å². The van der Waals surface area contributed by atoms with Crippen LogP contribution in [0.2, 0.25) is 0 Å². The molecule has 0 fully saturated rings. The van der Waals surface area contributed by atoms with E-state index in [2.05, 4.69) is 5.32 Å². The minimum atomic E-state index is -3.47. The second-order valence-corrected chi connectivity index (χ2v) is 8.31. The summed E-state index contributed by atoms with van der Waals surface area (Å²) in [6.07, 6.45) is 1.08. The van der Waals surface area contributed by atoms with E-state index in [0.717, 1.165) is 6.26 Å². The number of para-hydroxylation sites is 1. The van der Waals surface area contributed by atoms with Crippen LogP contribution in [0.1, 0.15) is 15.9 Å². The molecule has 6 nitrogen and oxygen atoms in total. The van der Waals surface area contributed by atoms with Crippen LogP contribution in [0.3, 0.4) is 0 Å². The summed E-state index contributed by atoms with van der Waals surface area (Å²) < 4.78 is 29.0. The van der Waals surface area contributed by atoms with Crippen molar-refractivity contribution >= 4 is 27.2 Å². The maximum absolute atomic E-state index is 12.4. The van der Waals surface area contributed by atoms with E-state index >= 15 is 0 Å². The standard InChI is InChI=1S/C22H19NO5S/c1-29(26,27)20-10-6-5-9-19(20)23-21(24)15-28-18-13-11-17(12-14-18)22(25)16-7-3-2-4-8-16/h2-14H,15H2,1H3,(H,23,24). The zero-order valence-corrected chi connectivity index (χ0v) is 16.5. The number of nitrogens with one attached hydrogen (secondary N) is 1. The number of hydrogen-bond donors (Lipinski definition) is 1. The Kier molecular flexibility index (Phi) is 6.09. The first-order valence-corrected chi connectivity index (χ1v) is 10.7. The van der Waals surface area contributed by atoms with Crippen molar-refractivity contribution in [2.24, 2.45) is 0 Å². The smallest absolute Gasteiger partial charge is 0.262 e. The second-order valence-electron chi connectivity index (χ2n) is 6.32. The number of benzene rings is 3. The molecule has 1 amide bonds. The van der Waals surface area contributed by atoms with Crippen LogP contribution in [-0.4, -0.2) is 33.0 Å². The van der Waals surface area contributed by atoms with Crippen LogP contribution < -0.4 is 10.1 Å². The number of ketones is 1. The Morgan fingerprint density at radius 2 is 1.41 bits per heavy atom. The maximum Gasteiger partial charge on any atom is 0.262 e. The monoisotopic (exact) mass is 409 g/mol. The lowest BCUT2D eigenvalue weighted by atomic mass is 10.0. The van der Waals surface area contributed by atoms with E-state index in [9.17, 15) is 18.0 Å². The summed E-state index contributed by atoms with van der Waals surface area (Å²) in [4.78, 5) is 24.6. The molecule has 0 aliphatic heterocycles. The highest BCUT2D eigenvalue weighted by atomic mass is 32.2. The number of amides is 1. The molecular weight excluding hydrogens is 390 g/mol. The molecule has 0 aliphatic rings. The molecular formula is C22H19NO5S. The summed E-state index contributed by atoms with van der Waals surface area (Å²) >= 11 is 0. The van der Waals surface area contributed by atoms with Gasteiger partial charge in [-0.2, -0.15) is 0 Å². The fourth-order valence-electron chi connectivity index (χ4n) is 2.69. The van der Waals surface area contributed by atoms with E-state index in [0.29, 0.717) is 16.9 Å². The third kappa shape index (κ3) is 5.30. The number of carbonyl (C=O) groups is 2. The minimum Gasteiger partial charge on any atom is -0.484 e. The molecule has 0 aliphatic carbocycles. The Bertz CT molecular complexity index is 1120. The Labute approximate surface area is 169 Å². The van der Waals surface area contributed by atoms with Crippen LogP contribution in [0.25, 0.3) is 0 Å². The van der Waals surface area contributed by atoms with Crippen molar-refractivity contribution in [2.75, 3.05) is 18.2 Å². The van der Waals surface area contributed by atoms with Crippen LogP contribution in [0, 0.1) is 0 Å². The molecule has 0 bridgehead atoms. The SMILES string of the molecule is CS(=O)(=O)c1ccccc1NC(=O)COc1ccc(C(=O)c2ccccc2)cc1. The van der Waals surface area contributed by atoms with Gasteiger partial charge >= 0.3 is 0 Å². The van der Waals surface area contributed by atoms with Crippen LogP contribution >= 0.6 is 0 Å². The first kappa shape index (κ1) is 20.3. The molecule has 0 atom stereocenters. The number of sulfone groups is 1. The molecule has 29 heavy (non-hydrogen) atoms. The summed E-state index contributed by atoms with van der Waals surface area (Å²) in [5, 5.41) is 2.54. The van der Waals surface area contributed by atoms with Gasteiger partial charge in [0, 0.05) is 17.4 Å². The average molecular weight is 409 g/mol. The van der Waals surface area contributed by atoms with Gasteiger partial charge in [0.15, 0.2) is 22.2 Å². The normalized spacial score (nSPS) is 10.9. The molecule has 3 aromatic rings. The highest BCUT2D eigenvalue weighted by molar-refractivity contribution is 7.90. The summed E-state index contributed by atoms with van der Waals surface area (Å²) in [5.41, 5.74) is 1.30. The number of carbonyl (C=O) groups excluding carboxylic acids is 2. The molecule has 0 aromatic heterocycles. The van der Waals surface area contributed by atoms with Crippen molar-refractivity contribution in [3.05, 3.63) is 90.0 Å². The lowest BCUT2D eigenvalue weighted by Crippen LogP contribution is -2.21. The molecule has 3 aromatic carbocycles. The van der Waals surface area contributed by atoms with Gasteiger partial charge in [0.2, 0.25) is 0 Å². The third-order valence-corrected chi connectivity index (χ3v) is 5.24. The predicted molar refractivity (Wildman–Crippen MR) is 110 cm³/mol. The van der Waals surface area contributed by atoms with Gasteiger partial charge in [-0.15, -0.1) is 0 Å². The molecule has 148 valence electrons. The summed E-state index contributed by atoms with van der Waals surface area (Å²) in [6, 6.07) is 21.5. The quantitative estimate of drug-likeness (QED) is 0.605. The Morgan fingerprint density at radius 1 is 0.828 bits per heavy atom. The van der Waals surface area contributed by atoms with E-state index in [1.165, 1.54) is 12.1 Å². The van der Waals surface area contributed by atoms with Crippen molar-refractivity contribution in [2.45, 2.75) is 4.90 Å². The average Bonchev–Trinajstić information content (AvgIpc) is 2.72. The number of hydrogen-bond acceptors (Lipinski definition) is 5.